The molecule has 5 nitrogen and oxygen atoms in total. The van der Waals surface area contributed by atoms with E-state index >= 15 is 0 Å². The Balaban J connectivity index is 3.14. The number of benzene rings is 1. The van der Waals surface area contributed by atoms with Crippen LogP contribution in [0, 0.1) is 0 Å². The monoisotopic (exact) mass is 310 g/mol. The normalized spacial score (nSPS) is 14.5. The van der Waals surface area contributed by atoms with Gasteiger partial charge in [-0.1, -0.05) is 11.6 Å². The van der Waals surface area contributed by atoms with E-state index < -0.39 is 29.2 Å². The van der Waals surface area contributed by atoms with Crippen molar-refractivity contribution in [3.63, 3.8) is 0 Å². The van der Waals surface area contributed by atoms with Gasteiger partial charge >= 0.3 is 12.1 Å². The van der Waals surface area contributed by atoms with Crippen molar-refractivity contribution in [2.24, 2.45) is 5.73 Å². The largest absolute Gasteiger partial charge is 0.478 e. The Kier molecular flexibility index (Phi) is 4.30. The third kappa shape index (κ3) is 3.20. The highest BCUT2D eigenvalue weighted by Crippen LogP contribution is 2.30. The number of amides is 1. The van der Waals surface area contributed by atoms with E-state index in [4.69, 9.17) is 22.4 Å². The molecule has 0 spiro atoms. The van der Waals surface area contributed by atoms with Gasteiger partial charge in [0.25, 0.3) is 5.91 Å². The maximum atomic E-state index is 12.6. The topological polar surface area (TPSA) is 92.4 Å². The van der Waals surface area contributed by atoms with Crippen molar-refractivity contribution in [2.75, 3.05) is 5.32 Å². The zero-order chi connectivity index (χ0) is 15.7. The molecule has 0 bridgehead atoms. The van der Waals surface area contributed by atoms with Crippen molar-refractivity contribution in [3.05, 3.63) is 28.8 Å². The zero-order valence-corrected chi connectivity index (χ0v) is 10.8. The fourth-order valence-corrected chi connectivity index (χ4v) is 1.36. The van der Waals surface area contributed by atoms with E-state index in [9.17, 15) is 22.8 Å². The maximum Gasteiger partial charge on any atom is 0.415 e. The van der Waals surface area contributed by atoms with Crippen LogP contribution in [0.1, 0.15) is 17.3 Å². The molecule has 4 N–H and O–H groups in total. The molecule has 9 heteroatoms. The van der Waals surface area contributed by atoms with E-state index in [2.05, 4.69) is 0 Å². The number of alkyl halides is 3. The minimum absolute atomic E-state index is 0.0519. The van der Waals surface area contributed by atoms with Gasteiger partial charge in [0.15, 0.2) is 5.54 Å². The lowest BCUT2D eigenvalue weighted by atomic mass is 10.0. The Labute approximate surface area is 116 Å². The molecule has 20 heavy (non-hydrogen) atoms. The van der Waals surface area contributed by atoms with E-state index in [1.807, 2.05) is 5.32 Å². The molecule has 0 fully saturated rings. The zero-order valence-electron chi connectivity index (χ0n) is 10.1. The summed E-state index contributed by atoms with van der Waals surface area (Å²) in [6.45, 7) is 0.479. The van der Waals surface area contributed by atoms with Crippen LogP contribution in [0.3, 0.4) is 0 Å². The van der Waals surface area contributed by atoms with Crippen LogP contribution in [0.25, 0.3) is 0 Å². The van der Waals surface area contributed by atoms with Crippen molar-refractivity contribution >= 4 is 29.2 Å². The molecule has 0 aromatic heterocycles. The molecule has 0 heterocycles. The molecule has 0 aliphatic rings. The average molecular weight is 311 g/mol. The molecule has 0 radical (unpaired) electrons. The maximum absolute atomic E-state index is 12.6. The molecule has 1 rings (SSSR count). The van der Waals surface area contributed by atoms with Gasteiger partial charge in [0.05, 0.1) is 11.3 Å². The molecule has 1 aromatic rings. The lowest BCUT2D eigenvalue weighted by Crippen LogP contribution is -2.59. The molecule has 1 amide bonds. The first-order chi connectivity index (χ1) is 8.96. The minimum atomic E-state index is -4.99. The molecule has 0 aliphatic heterocycles. The number of hydrogen-bond donors (Lipinski definition) is 3. The Morgan fingerprint density at radius 2 is 1.90 bits per heavy atom. The van der Waals surface area contributed by atoms with Gasteiger partial charge < -0.3 is 16.2 Å². The number of carboxylic acids is 1. The van der Waals surface area contributed by atoms with Gasteiger partial charge in [-0.2, -0.15) is 13.2 Å². The molecular weight excluding hydrogens is 301 g/mol. The number of carbonyl (C=O) groups excluding carboxylic acids is 1. The lowest BCUT2D eigenvalue weighted by Gasteiger charge is -2.26. The Bertz CT molecular complexity index is 558. The van der Waals surface area contributed by atoms with Crippen LogP contribution in [0.15, 0.2) is 18.2 Å². The quantitative estimate of drug-likeness (QED) is 0.798. The summed E-state index contributed by atoms with van der Waals surface area (Å²) in [7, 11) is 0. The van der Waals surface area contributed by atoms with E-state index in [1.54, 1.807) is 0 Å². The van der Waals surface area contributed by atoms with Crippen molar-refractivity contribution in [1.29, 1.82) is 0 Å². The highest BCUT2D eigenvalue weighted by Gasteiger charge is 2.54. The Hall–Kier alpha value is -1.80. The summed E-state index contributed by atoms with van der Waals surface area (Å²) < 4.78 is 37.8. The number of nitrogens with one attached hydrogen (secondary N) is 1. The van der Waals surface area contributed by atoms with Gasteiger partial charge in [0, 0.05) is 5.02 Å². The van der Waals surface area contributed by atoms with E-state index in [0.717, 1.165) is 12.1 Å². The third-order valence-corrected chi connectivity index (χ3v) is 2.76. The second kappa shape index (κ2) is 5.29. The predicted molar refractivity (Wildman–Crippen MR) is 65.7 cm³/mol. The van der Waals surface area contributed by atoms with Crippen molar-refractivity contribution < 1.29 is 27.9 Å². The number of carboxylic acid groups (broad SMARTS) is 1. The van der Waals surface area contributed by atoms with Crippen molar-refractivity contribution in [3.8, 4) is 0 Å². The smallest absolute Gasteiger partial charge is 0.415 e. The highest BCUT2D eigenvalue weighted by molar-refractivity contribution is 6.31. The van der Waals surface area contributed by atoms with Gasteiger partial charge in [-0.3, -0.25) is 4.79 Å². The van der Waals surface area contributed by atoms with E-state index in [-0.39, 0.29) is 10.7 Å². The Morgan fingerprint density at radius 3 is 2.35 bits per heavy atom. The first-order valence-corrected chi connectivity index (χ1v) is 5.54. The van der Waals surface area contributed by atoms with Crippen molar-refractivity contribution in [1.82, 2.24) is 0 Å². The van der Waals surface area contributed by atoms with Crippen LogP contribution in [-0.2, 0) is 4.79 Å². The molecule has 0 saturated carbocycles. The van der Waals surface area contributed by atoms with E-state index in [1.165, 1.54) is 6.07 Å². The molecule has 1 aromatic carbocycles. The number of anilines is 1. The summed E-state index contributed by atoms with van der Waals surface area (Å²) >= 11 is 5.61. The van der Waals surface area contributed by atoms with Crippen LogP contribution in [0.4, 0.5) is 18.9 Å². The first kappa shape index (κ1) is 16.3. The van der Waals surface area contributed by atoms with Crippen LogP contribution in [0.5, 0.6) is 0 Å². The van der Waals surface area contributed by atoms with Gasteiger partial charge in [-0.25, -0.2) is 4.79 Å². The third-order valence-electron chi connectivity index (χ3n) is 2.52. The number of aromatic carboxylic acids is 1. The summed E-state index contributed by atoms with van der Waals surface area (Å²) in [5.41, 5.74) is 1.00. The summed E-state index contributed by atoms with van der Waals surface area (Å²) in [5, 5.41) is 10.8. The second-order valence-corrected chi connectivity index (χ2v) is 4.59. The van der Waals surface area contributed by atoms with Gasteiger partial charge in [0.1, 0.15) is 0 Å². The van der Waals surface area contributed by atoms with Crippen LogP contribution < -0.4 is 11.1 Å². The summed E-state index contributed by atoms with van der Waals surface area (Å²) in [5.74, 6) is -3.02. The highest BCUT2D eigenvalue weighted by atomic mass is 35.5. The average Bonchev–Trinajstić information content (AvgIpc) is 2.26. The van der Waals surface area contributed by atoms with Gasteiger partial charge in [-0.05, 0) is 25.1 Å². The second-order valence-electron chi connectivity index (χ2n) is 4.15. The number of nitrogens with two attached hydrogens (primary N) is 1. The molecule has 1 atom stereocenters. The lowest BCUT2D eigenvalue weighted by molar-refractivity contribution is -0.184. The molecule has 0 saturated heterocycles. The van der Waals surface area contributed by atoms with Gasteiger partial charge in [-0.15, -0.1) is 0 Å². The molecule has 0 aliphatic carbocycles. The number of carbonyl (C=O) groups is 2. The van der Waals surface area contributed by atoms with Gasteiger partial charge in [0.2, 0.25) is 0 Å². The summed E-state index contributed by atoms with van der Waals surface area (Å²) in [4.78, 5) is 22.5. The SMILES string of the molecule is CC(N)(C(=O)Nc1cc(Cl)ccc1C(=O)O)C(F)(F)F. The summed E-state index contributed by atoms with van der Waals surface area (Å²) in [6.07, 6.45) is -4.99. The number of halogens is 4. The summed E-state index contributed by atoms with van der Waals surface area (Å²) in [6, 6.07) is 3.31. The van der Waals surface area contributed by atoms with Crippen LogP contribution in [0.2, 0.25) is 5.02 Å². The Morgan fingerprint density at radius 1 is 1.35 bits per heavy atom. The van der Waals surface area contributed by atoms with Crippen LogP contribution >= 0.6 is 11.6 Å². The fourth-order valence-electron chi connectivity index (χ4n) is 1.19. The van der Waals surface area contributed by atoms with E-state index in [0.29, 0.717) is 6.92 Å². The standard InChI is InChI=1S/C11H10ClF3N2O3/c1-10(16,11(13,14)15)9(20)17-7-4-5(12)2-3-6(7)8(18)19/h2-4H,16H2,1H3,(H,17,20)(H,18,19). The first-order valence-electron chi connectivity index (χ1n) is 5.16. The number of rotatable bonds is 3. The molecule has 1 unspecified atom stereocenters. The predicted octanol–water partition coefficient (Wildman–Crippen LogP) is 2.26. The number of hydrogen-bond acceptors (Lipinski definition) is 3. The van der Waals surface area contributed by atoms with Crippen molar-refractivity contribution in [2.45, 2.75) is 18.6 Å². The minimum Gasteiger partial charge on any atom is -0.478 e. The van der Waals surface area contributed by atoms with Crippen LogP contribution in [-0.4, -0.2) is 28.7 Å². The fraction of sp³-hybridized carbons (Fsp3) is 0.273. The molecule has 110 valence electrons. The molecular formula is C11H10ClF3N2O3.